The van der Waals surface area contributed by atoms with Gasteiger partial charge in [-0.05, 0) is 53.8 Å². The summed E-state index contributed by atoms with van der Waals surface area (Å²) in [5.74, 6) is -0.193. The van der Waals surface area contributed by atoms with E-state index in [0.29, 0.717) is 12.6 Å². The molecule has 2 atom stereocenters. The van der Waals surface area contributed by atoms with Crippen molar-refractivity contribution in [2.24, 2.45) is 0 Å². The highest BCUT2D eigenvalue weighted by atomic mass is 16.5. The Morgan fingerprint density at radius 2 is 2.19 bits per heavy atom. The van der Waals surface area contributed by atoms with Gasteiger partial charge in [0.05, 0.1) is 7.11 Å². The monoisotopic (exact) mass is 299 g/mol. The number of nitrogens with one attached hydrogen (secondary N) is 1. The molecule has 1 fully saturated rings. The Bertz CT molecular complexity index is 335. The maximum atomic E-state index is 12.1. The minimum absolute atomic E-state index is 0.193. The first kappa shape index (κ1) is 18.4. The fourth-order valence-electron chi connectivity index (χ4n) is 3.51. The summed E-state index contributed by atoms with van der Waals surface area (Å²) in [6.07, 6.45) is 2.54. The molecular weight excluding hydrogens is 266 g/mol. The van der Waals surface area contributed by atoms with E-state index in [-0.39, 0.29) is 12.0 Å². The molecule has 1 heterocycles. The topological polar surface area (TPSA) is 44.8 Å². The summed E-state index contributed by atoms with van der Waals surface area (Å²) in [7, 11) is 3.55. The number of esters is 1. The molecule has 1 aliphatic rings. The van der Waals surface area contributed by atoms with Crippen molar-refractivity contribution in [1.29, 1.82) is 0 Å². The summed E-state index contributed by atoms with van der Waals surface area (Å²) >= 11 is 0. The predicted molar refractivity (Wildman–Crippen MR) is 86.5 cm³/mol. The molecule has 1 N–H and O–H groups in total. The number of rotatable bonds is 8. The molecule has 5 heteroatoms. The van der Waals surface area contributed by atoms with Crippen molar-refractivity contribution in [2.45, 2.75) is 58.2 Å². The lowest BCUT2D eigenvalue weighted by molar-refractivity contribution is -0.149. The lowest BCUT2D eigenvalue weighted by Gasteiger charge is -2.36. The zero-order chi connectivity index (χ0) is 16.0. The van der Waals surface area contributed by atoms with E-state index in [2.05, 4.69) is 42.9 Å². The van der Waals surface area contributed by atoms with Crippen LogP contribution in [0.5, 0.6) is 0 Å². The van der Waals surface area contributed by atoms with E-state index in [1.54, 1.807) is 0 Å². The molecule has 0 radical (unpaired) electrons. The molecule has 0 amide bonds. The molecule has 1 rings (SSSR count). The van der Waals surface area contributed by atoms with Gasteiger partial charge in [0, 0.05) is 25.2 Å². The van der Waals surface area contributed by atoms with Gasteiger partial charge in [-0.1, -0.05) is 6.92 Å². The van der Waals surface area contributed by atoms with E-state index >= 15 is 0 Å². The lowest BCUT2D eigenvalue weighted by Crippen LogP contribution is -2.59. The maximum absolute atomic E-state index is 12.1. The highest BCUT2D eigenvalue weighted by molar-refractivity contribution is 5.80. The van der Waals surface area contributed by atoms with Gasteiger partial charge < -0.3 is 9.64 Å². The molecule has 0 aromatic carbocycles. The molecule has 0 aromatic rings. The first-order valence-electron chi connectivity index (χ1n) is 8.11. The SMILES string of the molecule is CCN1CCCC1CN(C)CC(C)(NC(C)C)C(=O)OC. The molecule has 124 valence electrons. The van der Waals surface area contributed by atoms with E-state index in [1.807, 2.05) is 6.92 Å². The number of nitrogens with zero attached hydrogens (tertiary/aromatic N) is 2. The van der Waals surface area contributed by atoms with Crippen LogP contribution in [0.15, 0.2) is 0 Å². The van der Waals surface area contributed by atoms with Gasteiger partial charge in [-0.2, -0.15) is 0 Å². The Balaban J connectivity index is 2.63. The summed E-state index contributed by atoms with van der Waals surface area (Å²) in [6.45, 7) is 12.2. The number of likely N-dealkylation sites (tertiary alicyclic amines) is 1. The summed E-state index contributed by atoms with van der Waals surface area (Å²) in [6, 6.07) is 0.849. The van der Waals surface area contributed by atoms with Gasteiger partial charge in [0.1, 0.15) is 5.54 Å². The van der Waals surface area contributed by atoms with E-state index in [1.165, 1.54) is 26.5 Å². The molecule has 5 nitrogen and oxygen atoms in total. The van der Waals surface area contributed by atoms with Crippen LogP contribution in [-0.2, 0) is 9.53 Å². The minimum Gasteiger partial charge on any atom is -0.468 e. The molecule has 0 saturated carbocycles. The van der Waals surface area contributed by atoms with Crippen molar-refractivity contribution < 1.29 is 9.53 Å². The van der Waals surface area contributed by atoms with Crippen LogP contribution < -0.4 is 5.32 Å². The van der Waals surface area contributed by atoms with Crippen molar-refractivity contribution in [1.82, 2.24) is 15.1 Å². The van der Waals surface area contributed by atoms with Crippen molar-refractivity contribution in [3.63, 3.8) is 0 Å². The van der Waals surface area contributed by atoms with Gasteiger partial charge in [-0.15, -0.1) is 0 Å². The van der Waals surface area contributed by atoms with Crippen molar-refractivity contribution >= 4 is 5.97 Å². The smallest absolute Gasteiger partial charge is 0.327 e. The second kappa shape index (κ2) is 8.11. The number of hydrogen-bond acceptors (Lipinski definition) is 5. The Kier molecular flexibility index (Phi) is 7.10. The van der Waals surface area contributed by atoms with E-state index in [9.17, 15) is 4.79 Å². The highest BCUT2D eigenvalue weighted by Gasteiger charge is 2.36. The normalized spacial score (nSPS) is 22.8. The molecule has 0 spiro atoms. The highest BCUT2D eigenvalue weighted by Crippen LogP contribution is 2.18. The second-order valence-electron chi connectivity index (χ2n) is 6.74. The number of carbonyl (C=O) groups is 1. The van der Waals surface area contributed by atoms with Gasteiger partial charge in [0.15, 0.2) is 0 Å². The summed E-state index contributed by atoms with van der Waals surface area (Å²) in [4.78, 5) is 16.9. The van der Waals surface area contributed by atoms with E-state index in [0.717, 1.165) is 13.1 Å². The first-order chi connectivity index (χ1) is 9.82. The number of ether oxygens (including phenoxy) is 1. The molecule has 2 unspecified atom stereocenters. The number of hydrogen-bond donors (Lipinski definition) is 1. The molecule has 0 aliphatic carbocycles. The average molecular weight is 299 g/mol. The quantitative estimate of drug-likeness (QED) is 0.685. The van der Waals surface area contributed by atoms with Crippen LogP contribution >= 0.6 is 0 Å². The Labute approximate surface area is 130 Å². The average Bonchev–Trinajstić information content (AvgIpc) is 2.83. The molecule has 0 bridgehead atoms. The van der Waals surface area contributed by atoms with Gasteiger partial charge >= 0.3 is 5.97 Å². The summed E-state index contributed by atoms with van der Waals surface area (Å²) in [5, 5.41) is 3.36. The van der Waals surface area contributed by atoms with Crippen LogP contribution in [0.1, 0.15) is 40.5 Å². The van der Waals surface area contributed by atoms with Crippen LogP contribution in [0, 0.1) is 0 Å². The van der Waals surface area contributed by atoms with Crippen LogP contribution in [0.3, 0.4) is 0 Å². The Morgan fingerprint density at radius 3 is 2.71 bits per heavy atom. The van der Waals surface area contributed by atoms with Crippen molar-refractivity contribution in [2.75, 3.05) is 40.3 Å². The summed E-state index contributed by atoms with van der Waals surface area (Å²) < 4.78 is 4.99. The lowest BCUT2D eigenvalue weighted by atomic mass is 10.00. The second-order valence-corrected chi connectivity index (χ2v) is 6.74. The third kappa shape index (κ3) is 5.24. The van der Waals surface area contributed by atoms with Gasteiger partial charge in [0.25, 0.3) is 0 Å². The maximum Gasteiger partial charge on any atom is 0.327 e. The van der Waals surface area contributed by atoms with Crippen LogP contribution in [-0.4, -0.2) is 73.7 Å². The van der Waals surface area contributed by atoms with Crippen molar-refractivity contribution in [3.8, 4) is 0 Å². The fraction of sp³-hybridized carbons (Fsp3) is 0.938. The van der Waals surface area contributed by atoms with Gasteiger partial charge in [-0.3, -0.25) is 15.0 Å². The Hall–Kier alpha value is -0.650. The van der Waals surface area contributed by atoms with Gasteiger partial charge in [-0.25, -0.2) is 0 Å². The van der Waals surface area contributed by atoms with Gasteiger partial charge in [0.2, 0.25) is 0 Å². The molecule has 1 aliphatic heterocycles. The largest absolute Gasteiger partial charge is 0.468 e. The zero-order valence-electron chi connectivity index (χ0n) is 14.6. The molecule has 1 saturated heterocycles. The number of carbonyl (C=O) groups excluding carboxylic acids is 1. The predicted octanol–water partition coefficient (Wildman–Crippen LogP) is 1.33. The van der Waals surface area contributed by atoms with Crippen LogP contribution in [0.25, 0.3) is 0 Å². The minimum atomic E-state index is -0.659. The fourth-order valence-corrected chi connectivity index (χ4v) is 3.51. The standard InChI is InChI=1S/C16H33N3O2/c1-7-19-10-8-9-14(19)11-18(5)12-16(4,15(20)21-6)17-13(2)3/h13-14,17H,7-12H2,1-6H3. The third-order valence-corrected chi connectivity index (χ3v) is 4.26. The Morgan fingerprint density at radius 1 is 1.52 bits per heavy atom. The molecular formula is C16H33N3O2. The van der Waals surface area contributed by atoms with Crippen molar-refractivity contribution in [3.05, 3.63) is 0 Å². The number of likely N-dealkylation sites (N-methyl/N-ethyl adjacent to an activating group) is 2. The molecule has 0 aromatic heterocycles. The van der Waals surface area contributed by atoms with Crippen LogP contribution in [0.4, 0.5) is 0 Å². The number of methoxy groups -OCH3 is 1. The van der Waals surface area contributed by atoms with E-state index in [4.69, 9.17) is 4.74 Å². The van der Waals surface area contributed by atoms with Crippen LogP contribution in [0.2, 0.25) is 0 Å². The summed E-state index contributed by atoms with van der Waals surface area (Å²) in [5.41, 5.74) is -0.659. The third-order valence-electron chi connectivity index (χ3n) is 4.26. The zero-order valence-corrected chi connectivity index (χ0v) is 14.6. The van der Waals surface area contributed by atoms with E-state index < -0.39 is 5.54 Å². The molecule has 21 heavy (non-hydrogen) atoms. The first-order valence-corrected chi connectivity index (χ1v) is 8.11.